The molecule has 0 aliphatic carbocycles. The summed E-state index contributed by atoms with van der Waals surface area (Å²) < 4.78 is 13.1. The molecule has 0 amide bonds. The second-order valence-corrected chi connectivity index (χ2v) is 8.36. The smallest absolute Gasteiger partial charge is 0.270 e. The minimum Gasteiger partial charge on any atom is -0.467 e. The maximum absolute atomic E-state index is 11.4. The van der Waals surface area contributed by atoms with Gasteiger partial charge in [-0.2, -0.15) is 0 Å². The van der Waals surface area contributed by atoms with E-state index in [1.54, 1.807) is 6.07 Å². The van der Waals surface area contributed by atoms with Crippen molar-refractivity contribution in [2.75, 3.05) is 6.79 Å². The lowest BCUT2D eigenvalue weighted by molar-refractivity contribution is -0.385. The molecule has 0 fully saturated rings. The standard InChI is InChI=1S/C23H16N4O4S/c28-27(29)16-9-14-11-30-13-31-21(14)15(10-16)12-32-23-25-18-6-2-1-5-17(18)22-24-19-7-3-4-8-20(19)26(22)23/h1-10H,11-13H2. The molecule has 0 atom stereocenters. The van der Waals surface area contributed by atoms with Crippen LogP contribution in [0.1, 0.15) is 11.1 Å². The number of fused-ring (bicyclic) bond motifs is 6. The van der Waals surface area contributed by atoms with Gasteiger partial charge in [0.1, 0.15) is 11.4 Å². The molecule has 9 heteroatoms. The first-order valence-corrected chi connectivity index (χ1v) is 11.0. The zero-order valence-electron chi connectivity index (χ0n) is 16.7. The molecule has 3 aromatic carbocycles. The van der Waals surface area contributed by atoms with Crippen molar-refractivity contribution in [1.82, 2.24) is 14.4 Å². The highest BCUT2D eigenvalue weighted by molar-refractivity contribution is 7.98. The SMILES string of the molecule is O=[N+]([O-])c1cc2c(c(CSc3nc4ccccc4c4nc5ccccc5n34)c1)OCOC2. The number of imidazole rings is 1. The molecule has 2 aromatic heterocycles. The second kappa shape index (κ2) is 7.47. The highest BCUT2D eigenvalue weighted by Crippen LogP contribution is 2.37. The molecule has 158 valence electrons. The Morgan fingerprint density at radius 3 is 2.75 bits per heavy atom. The van der Waals surface area contributed by atoms with Crippen molar-refractivity contribution in [1.29, 1.82) is 0 Å². The topological polar surface area (TPSA) is 91.8 Å². The molecule has 0 unspecified atom stereocenters. The van der Waals surface area contributed by atoms with E-state index in [-0.39, 0.29) is 17.4 Å². The van der Waals surface area contributed by atoms with Crippen molar-refractivity contribution in [2.24, 2.45) is 0 Å². The van der Waals surface area contributed by atoms with Crippen LogP contribution in [-0.2, 0) is 17.1 Å². The quantitative estimate of drug-likeness (QED) is 0.165. The normalized spacial score (nSPS) is 13.4. The van der Waals surface area contributed by atoms with Crippen LogP contribution < -0.4 is 4.74 Å². The molecule has 0 bridgehead atoms. The van der Waals surface area contributed by atoms with E-state index in [4.69, 9.17) is 19.4 Å². The second-order valence-electron chi connectivity index (χ2n) is 7.42. The number of aromatic nitrogens is 3. The number of para-hydroxylation sites is 3. The number of benzene rings is 3. The van der Waals surface area contributed by atoms with Gasteiger partial charge in [-0.15, -0.1) is 0 Å². The fourth-order valence-corrected chi connectivity index (χ4v) is 5.02. The van der Waals surface area contributed by atoms with Crippen molar-refractivity contribution in [3.8, 4) is 5.75 Å². The summed E-state index contributed by atoms with van der Waals surface area (Å²) in [4.78, 5) is 20.8. The van der Waals surface area contributed by atoms with Crippen LogP contribution >= 0.6 is 11.8 Å². The van der Waals surface area contributed by atoms with E-state index >= 15 is 0 Å². The van der Waals surface area contributed by atoms with Crippen LogP contribution in [0.25, 0.3) is 27.6 Å². The third kappa shape index (κ3) is 3.05. The van der Waals surface area contributed by atoms with Gasteiger partial charge in [-0.05, 0) is 24.3 Å². The Balaban J connectivity index is 1.50. The Kier molecular flexibility index (Phi) is 4.44. The molecule has 0 saturated carbocycles. The van der Waals surface area contributed by atoms with Gasteiger partial charge >= 0.3 is 0 Å². The van der Waals surface area contributed by atoms with Gasteiger partial charge in [-0.25, -0.2) is 9.97 Å². The Bertz CT molecular complexity index is 1530. The highest BCUT2D eigenvalue weighted by Gasteiger charge is 2.22. The van der Waals surface area contributed by atoms with Gasteiger partial charge in [-0.3, -0.25) is 14.5 Å². The molecular formula is C23H16N4O4S. The molecule has 0 spiro atoms. The molecule has 5 aromatic rings. The highest BCUT2D eigenvalue weighted by atomic mass is 32.2. The number of ether oxygens (including phenoxy) is 2. The van der Waals surface area contributed by atoms with Crippen molar-refractivity contribution in [2.45, 2.75) is 17.5 Å². The number of thioether (sulfide) groups is 1. The van der Waals surface area contributed by atoms with Crippen LogP contribution in [-0.4, -0.2) is 26.1 Å². The summed E-state index contributed by atoms with van der Waals surface area (Å²) in [5.41, 5.74) is 5.00. The largest absolute Gasteiger partial charge is 0.467 e. The number of nitro benzene ring substituents is 1. The van der Waals surface area contributed by atoms with Crippen LogP contribution in [0.15, 0.2) is 65.8 Å². The summed E-state index contributed by atoms with van der Waals surface area (Å²) in [6.45, 7) is 0.423. The van der Waals surface area contributed by atoms with Crippen molar-refractivity contribution >= 4 is 45.0 Å². The Labute approximate surface area is 186 Å². The third-order valence-electron chi connectivity index (χ3n) is 5.45. The molecular weight excluding hydrogens is 428 g/mol. The molecule has 6 rings (SSSR count). The predicted molar refractivity (Wildman–Crippen MR) is 121 cm³/mol. The van der Waals surface area contributed by atoms with E-state index in [2.05, 4.69) is 4.40 Å². The van der Waals surface area contributed by atoms with Gasteiger partial charge in [0.25, 0.3) is 5.69 Å². The van der Waals surface area contributed by atoms with Crippen LogP contribution in [0.4, 0.5) is 5.69 Å². The number of nitro groups is 1. The Hall–Kier alpha value is -3.69. The van der Waals surface area contributed by atoms with Crippen molar-refractivity contribution in [3.05, 3.63) is 81.9 Å². The molecule has 0 radical (unpaired) electrons. The number of rotatable bonds is 4. The maximum atomic E-state index is 11.4. The first-order chi connectivity index (χ1) is 15.7. The summed E-state index contributed by atoms with van der Waals surface area (Å²) in [5, 5.41) is 13.2. The third-order valence-corrected chi connectivity index (χ3v) is 6.44. The van der Waals surface area contributed by atoms with Crippen LogP contribution in [0.3, 0.4) is 0 Å². The monoisotopic (exact) mass is 444 g/mol. The minimum absolute atomic E-state index is 0.0261. The van der Waals surface area contributed by atoms with Crippen LogP contribution in [0.2, 0.25) is 0 Å². The molecule has 1 aliphatic heterocycles. The molecule has 32 heavy (non-hydrogen) atoms. The Morgan fingerprint density at radius 2 is 1.88 bits per heavy atom. The van der Waals surface area contributed by atoms with Gasteiger partial charge in [0.15, 0.2) is 11.9 Å². The average Bonchev–Trinajstić information content (AvgIpc) is 3.22. The first-order valence-electron chi connectivity index (χ1n) is 9.98. The van der Waals surface area contributed by atoms with Gasteiger partial charge in [0.05, 0.1) is 28.1 Å². The summed E-state index contributed by atoms with van der Waals surface area (Å²) in [6, 6.07) is 18.9. The van der Waals surface area contributed by atoms with Gasteiger partial charge < -0.3 is 9.47 Å². The number of hydrogen-bond acceptors (Lipinski definition) is 7. The molecule has 0 saturated heterocycles. The first kappa shape index (κ1) is 19.0. The van der Waals surface area contributed by atoms with E-state index in [1.807, 2.05) is 48.5 Å². The molecule has 3 heterocycles. The van der Waals surface area contributed by atoms with E-state index in [0.29, 0.717) is 23.7 Å². The summed E-state index contributed by atoms with van der Waals surface area (Å²) in [6.07, 6.45) is 0. The lowest BCUT2D eigenvalue weighted by Gasteiger charge is -2.20. The van der Waals surface area contributed by atoms with Crippen molar-refractivity contribution < 1.29 is 14.4 Å². The Morgan fingerprint density at radius 1 is 1.06 bits per heavy atom. The average molecular weight is 444 g/mol. The summed E-state index contributed by atoms with van der Waals surface area (Å²) in [5.74, 6) is 1.11. The minimum atomic E-state index is -0.390. The van der Waals surface area contributed by atoms with Gasteiger partial charge in [-0.1, -0.05) is 36.0 Å². The van der Waals surface area contributed by atoms with Crippen LogP contribution in [0, 0.1) is 10.1 Å². The lowest BCUT2D eigenvalue weighted by Crippen LogP contribution is -2.13. The fourth-order valence-electron chi connectivity index (χ4n) is 4.05. The maximum Gasteiger partial charge on any atom is 0.270 e. The zero-order valence-corrected chi connectivity index (χ0v) is 17.5. The van der Waals surface area contributed by atoms with E-state index < -0.39 is 0 Å². The van der Waals surface area contributed by atoms with E-state index in [1.165, 1.54) is 17.8 Å². The molecule has 8 nitrogen and oxygen atoms in total. The molecule has 0 N–H and O–H groups in total. The predicted octanol–water partition coefficient (Wildman–Crippen LogP) is 5.10. The van der Waals surface area contributed by atoms with Gasteiger partial charge in [0, 0.05) is 34.4 Å². The van der Waals surface area contributed by atoms with E-state index in [0.717, 1.165) is 38.3 Å². The lowest BCUT2D eigenvalue weighted by atomic mass is 10.1. The summed E-state index contributed by atoms with van der Waals surface area (Å²) in [7, 11) is 0. The number of hydrogen-bond donors (Lipinski definition) is 0. The number of nitrogens with zero attached hydrogens (tertiary/aromatic N) is 4. The van der Waals surface area contributed by atoms with Crippen LogP contribution in [0.5, 0.6) is 5.75 Å². The zero-order chi connectivity index (χ0) is 21.7. The van der Waals surface area contributed by atoms with E-state index in [9.17, 15) is 10.1 Å². The number of non-ortho nitro benzene ring substituents is 1. The summed E-state index contributed by atoms with van der Waals surface area (Å²) >= 11 is 1.50. The fraction of sp³-hybridized carbons (Fsp3) is 0.130. The molecule has 1 aliphatic rings. The van der Waals surface area contributed by atoms with Crippen molar-refractivity contribution in [3.63, 3.8) is 0 Å². The van der Waals surface area contributed by atoms with Gasteiger partial charge in [0.2, 0.25) is 0 Å².